The molecule has 2 rings (SSSR count). The minimum atomic E-state index is 0.467. The predicted molar refractivity (Wildman–Crippen MR) is 66.7 cm³/mol. The van der Waals surface area contributed by atoms with Gasteiger partial charge in [-0.15, -0.1) is 0 Å². The Morgan fingerprint density at radius 3 is 2.73 bits per heavy atom. The molecule has 0 aromatic carbocycles. The summed E-state index contributed by atoms with van der Waals surface area (Å²) in [6.07, 6.45) is 9.24. The third-order valence-corrected chi connectivity index (χ3v) is 4.78. The average molecular weight is 204 g/mol. The number of hydrogen-bond acceptors (Lipinski definition) is 0. The van der Waals surface area contributed by atoms with Crippen molar-refractivity contribution >= 4 is 0 Å². The summed E-state index contributed by atoms with van der Waals surface area (Å²) in [5, 5.41) is 0. The van der Waals surface area contributed by atoms with Crippen LogP contribution in [-0.4, -0.2) is 0 Å². The maximum Gasteiger partial charge on any atom is -0.00849 e. The SMILES string of the molecule is C=C1C2CCC(C2)[C@]1(C)CCC=C(C)C. The normalized spacial score (nSPS) is 38.5. The molecule has 2 bridgehead atoms. The molecule has 0 saturated heterocycles. The molecule has 0 aromatic rings. The molecule has 2 aliphatic rings. The smallest absolute Gasteiger partial charge is 0.00849 e. The lowest BCUT2D eigenvalue weighted by molar-refractivity contribution is 0.241. The fourth-order valence-corrected chi connectivity index (χ4v) is 3.63. The van der Waals surface area contributed by atoms with Gasteiger partial charge in [0.25, 0.3) is 0 Å². The lowest BCUT2D eigenvalue weighted by Crippen LogP contribution is -2.25. The second-order valence-electron chi connectivity index (χ2n) is 5.97. The van der Waals surface area contributed by atoms with Crippen LogP contribution in [-0.2, 0) is 0 Å². The summed E-state index contributed by atoms with van der Waals surface area (Å²) in [5.74, 6) is 1.81. The summed E-state index contributed by atoms with van der Waals surface area (Å²) >= 11 is 0. The second kappa shape index (κ2) is 3.81. The van der Waals surface area contributed by atoms with E-state index >= 15 is 0 Å². The van der Waals surface area contributed by atoms with E-state index in [1.54, 1.807) is 5.57 Å². The molecule has 0 spiro atoms. The summed E-state index contributed by atoms with van der Waals surface area (Å²) in [5.41, 5.74) is 3.49. The van der Waals surface area contributed by atoms with E-state index in [0.717, 1.165) is 11.8 Å². The first kappa shape index (κ1) is 11.0. The van der Waals surface area contributed by atoms with Gasteiger partial charge in [-0.2, -0.15) is 0 Å². The second-order valence-corrected chi connectivity index (χ2v) is 5.97. The van der Waals surface area contributed by atoms with Crippen LogP contribution in [0.15, 0.2) is 23.8 Å². The maximum absolute atomic E-state index is 4.37. The largest absolute Gasteiger partial charge is 0.0990 e. The number of rotatable bonds is 3. The van der Waals surface area contributed by atoms with E-state index in [1.807, 2.05) is 0 Å². The van der Waals surface area contributed by atoms with Crippen LogP contribution in [0, 0.1) is 17.3 Å². The van der Waals surface area contributed by atoms with E-state index in [2.05, 4.69) is 33.4 Å². The zero-order valence-corrected chi connectivity index (χ0v) is 10.5. The molecule has 0 N–H and O–H groups in total. The first-order chi connectivity index (χ1) is 7.04. The van der Waals surface area contributed by atoms with E-state index < -0.39 is 0 Å². The van der Waals surface area contributed by atoms with Gasteiger partial charge in [0.1, 0.15) is 0 Å². The quantitative estimate of drug-likeness (QED) is 0.583. The van der Waals surface area contributed by atoms with Gasteiger partial charge in [-0.25, -0.2) is 0 Å². The monoisotopic (exact) mass is 204 g/mol. The highest BCUT2D eigenvalue weighted by atomic mass is 14.5. The molecule has 15 heavy (non-hydrogen) atoms. The van der Waals surface area contributed by atoms with Gasteiger partial charge in [0.2, 0.25) is 0 Å². The van der Waals surface area contributed by atoms with E-state index in [4.69, 9.17) is 0 Å². The third kappa shape index (κ3) is 1.79. The highest BCUT2D eigenvalue weighted by molar-refractivity contribution is 5.24. The van der Waals surface area contributed by atoms with Gasteiger partial charge in [0.05, 0.1) is 0 Å². The standard InChI is InChI=1S/C15H24/c1-11(2)6-5-9-15(4)12(3)13-7-8-14(15)10-13/h6,13-14H,3,5,7-10H2,1-2,4H3/t13?,14?,15-/m1/s1. The molecular weight excluding hydrogens is 180 g/mol. The molecule has 0 heterocycles. The van der Waals surface area contributed by atoms with Crippen LogP contribution in [0.5, 0.6) is 0 Å². The van der Waals surface area contributed by atoms with Crippen molar-refractivity contribution in [3.05, 3.63) is 23.8 Å². The molecule has 2 fully saturated rings. The van der Waals surface area contributed by atoms with Gasteiger partial charge in [0.15, 0.2) is 0 Å². The van der Waals surface area contributed by atoms with Crippen LogP contribution in [0.2, 0.25) is 0 Å². The van der Waals surface area contributed by atoms with Gasteiger partial charge in [-0.3, -0.25) is 0 Å². The van der Waals surface area contributed by atoms with Crippen LogP contribution < -0.4 is 0 Å². The van der Waals surface area contributed by atoms with E-state index in [1.165, 1.54) is 37.7 Å². The van der Waals surface area contributed by atoms with E-state index in [0.29, 0.717) is 5.41 Å². The Hall–Kier alpha value is -0.520. The Kier molecular flexibility index (Phi) is 2.79. The van der Waals surface area contributed by atoms with Crippen LogP contribution in [0.1, 0.15) is 52.9 Å². The summed E-state index contributed by atoms with van der Waals surface area (Å²) in [4.78, 5) is 0. The van der Waals surface area contributed by atoms with E-state index in [-0.39, 0.29) is 0 Å². The predicted octanol–water partition coefficient (Wildman–Crippen LogP) is 4.73. The molecule has 84 valence electrons. The summed E-state index contributed by atoms with van der Waals surface area (Å²) in [6, 6.07) is 0. The van der Waals surface area contributed by atoms with Crippen molar-refractivity contribution in [2.75, 3.05) is 0 Å². The first-order valence-electron chi connectivity index (χ1n) is 6.36. The Morgan fingerprint density at radius 1 is 1.47 bits per heavy atom. The number of allylic oxidation sites excluding steroid dienone is 3. The molecule has 0 radical (unpaired) electrons. The van der Waals surface area contributed by atoms with Crippen LogP contribution >= 0.6 is 0 Å². The van der Waals surface area contributed by atoms with Crippen LogP contribution in [0.3, 0.4) is 0 Å². The first-order valence-corrected chi connectivity index (χ1v) is 6.36. The van der Waals surface area contributed by atoms with Gasteiger partial charge < -0.3 is 0 Å². The maximum atomic E-state index is 4.37. The van der Waals surface area contributed by atoms with Gasteiger partial charge in [0, 0.05) is 0 Å². The Balaban J connectivity index is 2.01. The molecule has 0 aliphatic heterocycles. The van der Waals surface area contributed by atoms with Crippen LogP contribution in [0.25, 0.3) is 0 Å². The Labute approximate surface area is 94.5 Å². The summed E-state index contributed by atoms with van der Waals surface area (Å²) in [7, 11) is 0. The van der Waals surface area contributed by atoms with Crippen molar-refractivity contribution in [2.45, 2.75) is 52.9 Å². The fraction of sp³-hybridized carbons (Fsp3) is 0.733. The van der Waals surface area contributed by atoms with Crippen molar-refractivity contribution in [3.8, 4) is 0 Å². The number of hydrogen-bond donors (Lipinski definition) is 0. The Morgan fingerprint density at radius 2 is 2.20 bits per heavy atom. The topological polar surface area (TPSA) is 0 Å². The van der Waals surface area contributed by atoms with Gasteiger partial charge >= 0.3 is 0 Å². The van der Waals surface area contributed by atoms with Gasteiger partial charge in [-0.1, -0.05) is 30.7 Å². The number of fused-ring (bicyclic) bond motifs is 2. The highest BCUT2D eigenvalue weighted by Gasteiger charge is 2.49. The van der Waals surface area contributed by atoms with E-state index in [9.17, 15) is 0 Å². The van der Waals surface area contributed by atoms with Crippen molar-refractivity contribution in [1.82, 2.24) is 0 Å². The van der Waals surface area contributed by atoms with Crippen molar-refractivity contribution in [3.63, 3.8) is 0 Å². The molecule has 0 aromatic heterocycles. The van der Waals surface area contributed by atoms with Crippen molar-refractivity contribution in [1.29, 1.82) is 0 Å². The minimum Gasteiger partial charge on any atom is -0.0990 e. The van der Waals surface area contributed by atoms with Crippen LogP contribution in [0.4, 0.5) is 0 Å². The van der Waals surface area contributed by atoms with Crippen molar-refractivity contribution < 1.29 is 0 Å². The zero-order valence-electron chi connectivity index (χ0n) is 10.5. The zero-order chi connectivity index (χ0) is 11.1. The lowest BCUT2D eigenvalue weighted by atomic mass is 9.69. The Bertz CT molecular complexity index is 293. The molecule has 0 heteroatoms. The molecule has 2 unspecified atom stereocenters. The fourth-order valence-electron chi connectivity index (χ4n) is 3.63. The molecule has 2 aliphatic carbocycles. The molecule has 0 amide bonds. The lowest BCUT2D eigenvalue weighted by Gasteiger charge is -2.36. The molecule has 0 nitrogen and oxygen atoms in total. The minimum absolute atomic E-state index is 0.467. The summed E-state index contributed by atoms with van der Waals surface area (Å²) < 4.78 is 0. The molecule has 2 saturated carbocycles. The summed E-state index contributed by atoms with van der Waals surface area (Å²) in [6.45, 7) is 11.2. The molecular formula is C15H24. The highest BCUT2D eigenvalue weighted by Crippen LogP contribution is 2.60. The van der Waals surface area contributed by atoms with Crippen molar-refractivity contribution in [2.24, 2.45) is 17.3 Å². The molecule has 3 atom stereocenters. The average Bonchev–Trinajstić information content (AvgIpc) is 2.70. The third-order valence-electron chi connectivity index (χ3n) is 4.78. The van der Waals surface area contributed by atoms with Gasteiger partial charge in [-0.05, 0) is 63.2 Å².